The molecule has 1 aliphatic rings. The third kappa shape index (κ3) is 4.15. The van der Waals surface area contributed by atoms with Gasteiger partial charge < -0.3 is 10.1 Å². The minimum atomic E-state index is -3.46. The van der Waals surface area contributed by atoms with Crippen molar-refractivity contribution in [1.29, 1.82) is 0 Å². The third-order valence-electron chi connectivity index (χ3n) is 3.77. The van der Waals surface area contributed by atoms with Crippen LogP contribution in [0, 0.1) is 6.92 Å². The standard InChI is InChI=1S/C15H21N5O3S2/c1-11-9-16-15(24-11)18-14-6-4-5-12(17-14)13-10-20(7-8-23-13)25(21,22)19(2)3/h4-6,9,13H,7-8,10H2,1-3H3,(H,16,17,18). The molecule has 0 aliphatic carbocycles. The smallest absolute Gasteiger partial charge is 0.281 e. The Bertz CT molecular complexity index is 837. The van der Waals surface area contributed by atoms with Gasteiger partial charge in [0, 0.05) is 38.3 Å². The molecule has 2 aromatic heterocycles. The van der Waals surface area contributed by atoms with Gasteiger partial charge in [-0.25, -0.2) is 9.97 Å². The molecule has 136 valence electrons. The van der Waals surface area contributed by atoms with Gasteiger partial charge >= 0.3 is 0 Å². The average Bonchev–Trinajstić information content (AvgIpc) is 3.00. The Balaban J connectivity index is 1.76. The zero-order valence-electron chi connectivity index (χ0n) is 14.3. The van der Waals surface area contributed by atoms with Crippen molar-refractivity contribution in [3.63, 3.8) is 0 Å². The Morgan fingerprint density at radius 2 is 2.20 bits per heavy atom. The Hall–Kier alpha value is -1.59. The number of nitrogens with one attached hydrogen (secondary N) is 1. The first kappa shape index (κ1) is 18.2. The van der Waals surface area contributed by atoms with Gasteiger partial charge in [0.25, 0.3) is 10.2 Å². The zero-order valence-corrected chi connectivity index (χ0v) is 16.0. The Morgan fingerprint density at radius 3 is 2.88 bits per heavy atom. The first-order chi connectivity index (χ1) is 11.9. The molecule has 0 bridgehead atoms. The Labute approximate surface area is 151 Å². The van der Waals surface area contributed by atoms with Crippen LogP contribution in [0.2, 0.25) is 0 Å². The van der Waals surface area contributed by atoms with Crippen molar-refractivity contribution in [3.05, 3.63) is 35.0 Å². The molecule has 0 amide bonds. The van der Waals surface area contributed by atoms with Crippen LogP contribution >= 0.6 is 11.3 Å². The number of thiazole rings is 1. The fourth-order valence-corrected chi connectivity index (χ4v) is 4.23. The van der Waals surface area contributed by atoms with E-state index in [1.807, 2.05) is 25.1 Å². The van der Waals surface area contributed by atoms with E-state index in [1.54, 1.807) is 17.5 Å². The molecule has 10 heteroatoms. The van der Waals surface area contributed by atoms with Crippen LogP contribution in [0.15, 0.2) is 24.4 Å². The van der Waals surface area contributed by atoms with E-state index in [-0.39, 0.29) is 6.54 Å². The summed E-state index contributed by atoms with van der Waals surface area (Å²) in [4.78, 5) is 9.93. The summed E-state index contributed by atoms with van der Waals surface area (Å²) in [6.07, 6.45) is 1.40. The van der Waals surface area contributed by atoms with Crippen LogP contribution < -0.4 is 5.32 Å². The number of hydrogen-bond donors (Lipinski definition) is 1. The highest BCUT2D eigenvalue weighted by atomic mass is 32.2. The average molecular weight is 383 g/mol. The summed E-state index contributed by atoms with van der Waals surface area (Å²) < 4.78 is 33.0. The molecule has 8 nitrogen and oxygen atoms in total. The van der Waals surface area contributed by atoms with Crippen LogP contribution in [0.3, 0.4) is 0 Å². The lowest BCUT2D eigenvalue weighted by atomic mass is 10.2. The van der Waals surface area contributed by atoms with Crippen molar-refractivity contribution in [2.45, 2.75) is 13.0 Å². The van der Waals surface area contributed by atoms with Gasteiger partial charge in [0.05, 0.1) is 12.3 Å². The second-order valence-corrected chi connectivity index (χ2v) is 9.23. The number of morpholine rings is 1. The third-order valence-corrected chi connectivity index (χ3v) is 6.51. The molecular formula is C15H21N5O3S2. The monoisotopic (exact) mass is 383 g/mol. The summed E-state index contributed by atoms with van der Waals surface area (Å²) in [7, 11) is -0.409. The maximum atomic E-state index is 12.3. The van der Waals surface area contributed by atoms with Gasteiger partial charge in [-0.05, 0) is 19.1 Å². The lowest BCUT2D eigenvalue weighted by molar-refractivity contribution is -0.00615. The van der Waals surface area contributed by atoms with Gasteiger partial charge in [-0.1, -0.05) is 6.07 Å². The van der Waals surface area contributed by atoms with Gasteiger partial charge in [0.1, 0.15) is 11.9 Å². The highest BCUT2D eigenvalue weighted by Gasteiger charge is 2.32. The molecule has 0 aromatic carbocycles. The highest BCUT2D eigenvalue weighted by molar-refractivity contribution is 7.86. The number of hydrogen-bond acceptors (Lipinski definition) is 7. The van der Waals surface area contributed by atoms with E-state index in [0.717, 1.165) is 10.0 Å². The van der Waals surface area contributed by atoms with E-state index in [4.69, 9.17) is 4.74 Å². The summed E-state index contributed by atoms with van der Waals surface area (Å²) in [5, 5.41) is 3.93. The van der Waals surface area contributed by atoms with Crippen molar-refractivity contribution in [1.82, 2.24) is 18.6 Å². The maximum Gasteiger partial charge on any atom is 0.281 e. The molecule has 2 aromatic rings. The maximum absolute atomic E-state index is 12.3. The number of nitrogens with zero attached hydrogens (tertiary/aromatic N) is 4. The molecule has 1 aliphatic heterocycles. The van der Waals surface area contributed by atoms with Crippen molar-refractivity contribution >= 4 is 32.5 Å². The molecule has 1 N–H and O–H groups in total. The lowest BCUT2D eigenvalue weighted by Crippen LogP contribution is -2.47. The van der Waals surface area contributed by atoms with Gasteiger partial charge in [0.2, 0.25) is 0 Å². The molecule has 0 radical (unpaired) electrons. The molecule has 1 fully saturated rings. The second-order valence-electron chi connectivity index (χ2n) is 5.86. The molecule has 25 heavy (non-hydrogen) atoms. The van der Waals surface area contributed by atoms with E-state index >= 15 is 0 Å². The quantitative estimate of drug-likeness (QED) is 0.847. The van der Waals surface area contributed by atoms with Crippen LogP contribution in [-0.4, -0.2) is 60.8 Å². The largest absolute Gasteiger partial charge is 0.369 e. The Morgan fingerprint density at radius 1 is 1.40 bits per heavy atom. The minimum absolute atomic E-state index is 0.243. The van der Waals surface area contributed by atoms with E-state index < -0.39 is 16.3 Å². The molecule has 1 unspecified atom stereocenters. The molecule has 3 rings (SSSR count). The number of aromatic nitrogens is 2. The van der Waals surface area contributed by atoms with Gasteiger partial charge in [0.15, 0.2) is 5.13 Å². The molecular weight excluding hydrogens is 362 g/mol. The lowest BCUT2D eigenvalue weighted by Gasteiger charge is -2.33. The second kappa shape index (κ2) is 7.34. The number of pyridine rings is 1. The number of rotatable bonds is 5. The SMILES string of the molecule is Cc1cnc(Nc2cccc(C3CN(S(=O)(=O)N(C)C)CCO3)n2)s1. The fourth-order valence-electron chi connectivity index (χ4n) is 2.47. The predicted molar refractivity (Wildman–Crippen MR) is 97.2 cm³/mol. The number of ether oxygens (including phenoxy) is 1. The first-order valence-corrected chi connectivity index (χ1v) is 10.0. The van der Waals surface area contributed by atoms with E-state index in [2.05, 4.69) is 15.3 Å². The van der Waals surface area contributed by atoms with Crippen LogP contribution in [-0.2, 0) is 14.9 Å². The molecule has 0 saturated carbocycles. The summed E-state index contributed by atoms with van der Waals surface area (Å²) in [5.74, 6) is 0.656. The molecule has 1 saturated heterocycles. The summed E-state index contributed by atoms with van der Waals surface area (Å²) in [6.45, 7) is 2.91. The predicted octanol–water partition coefficient (Wildman–Crippen LogP) is 1.77. The molecule has 0 spiro atoms. The summed E-state index contributed by atoms with van der Waals surface area (Å²) in [5.41, 5.74) is 0.692. The number of aryl methyl sites for hydroxylation is 1. The van der Waals surface area contributed by atoms with Crippen LogP contribution in [0.5, 0.6) is 0 Å². The van der Waals surface area contributed by atoms with Crippen LogP contribution in [0.1, 0.15) is 16.7 Å². The summed E-state index contributed by atoms with van der Waals surface area (Å²) >= 11 is 1.54. The van der Waals surface area contributed by atoms with Crippen LogP contribution in [0.4, 0.5) is 10.9 Å². The minimum Gasteiger partial charge on any atom is -0.369 e. The van der Waals surface area contributed by atoms with Crippen molar-refractivity contribution in [3.8, 4) is 0 Å². The van der Waals surface area contributed by atoms with Gasteiger partial charge in [-0.3, -0.25) is 0 Å². The van der Waals surface area contributed by atoms with E-state index in [1.165, 1.54) is 22.7 Å². The highest BCUT2D eigenvalue weighted by Crippen LogP contribution is 2.26. The van der Waals surface area contributed by atoms with Crippen molar-refractivity contribution < 1.29 is 13.2 Å². The first-order valence-electron chi connectivity index (χ1n) is 7.82. The summed E-state index contributed by atoms with van der Waals surface area (Å²) in [6, 6.07) is 5.56. The van der Waals surface area contributed by atoms with Crippen molar-refractivity contribution in [2.75, 3.05) is 39.1 Å². The molecule has 3 heterocycles. The van der Waals surface area contributed by atoms with E-state index in [9.17, 15) is 8.42 Å². The number of anilines is 2. The van der Waals surface area contributed by atoms with Crippen LogP contribution in [0.25, 0.3) is 0 Å². The zero-order chi connectivity index (χ0) is 18.0. The van der Waals surface area contributed by atoms with Gasteiger partial charge in [-0.15, -0.1) is 11.3 Å². The normalized spacial score (nSPS) is 19.3. The molecule has 1 atom stereocenters. The van der Waals surface area contributed by atoms with E-state index in [0.29, 0.717) is 24.7 Å². The van der Waals surface area contributed by atoms with Gasteiger partial charge in [-0.2, -0.15) is 17.0 Å². The van der Waals surface area contributed by atoms with Crippen molar-refractivity contribution in [2.24, 2.45) is 0 Å². The fraction of sp³-hybridized carbons (Fsp3) is 0.467. The topological polar surface area (TPSA) is 87.7 Å². The Kier molecular flexibility index (Phi) is 5.35.